The molecule has 0 bridgehead atoms. The summed E-state index contributed by atoms with van der Waals surface area (Å²) >= 11 is 0. The fourth-order valence-corrected chi connectivity index (χ4v) is 4.06. The SMILES string of the molecule is CCn1c2ccccc2c2nnc(-n3nc(C)c(Cc4ccccc4F)c3C)nc21. The van der Waals surface area contributed by atoms with Gasteiger partial charge in [-0.1, -0.05) is 36.4 Å². The Morgan fingerprint density at radius 1 is 0.967 bits per heavy atom. The number of nitrogens with zero attached hydrogens (tertiary/aromatic N) is 6. The largest absolute Gasteiger partial charge is 0.324 e. The molecule has 0 amide bonds. The van der Waals surface area contributed by atoms with Crippen LogP contribution in [0.5, 0.6) is 0 Å². The zero-order chi connectivity index (χ0) is 20.8. The van der Waals surface area contributed by atoms with Crippen LogP contribution in [0.1, 0.15) is 29.4 Å². The third-order valence-corrected chi connectivity index (χ3v) is 5.63. The number of aryl methyl sites for hydroxylation is 2. The lowest BCUT2D eigenvalue weighted by atomic mass is 10.0. The first-order valence-corrected chi connectivity index (χ1v) is 9.99. The molecule has 0 atom stereocenters. The van der Waals surface area contributed by atoms with Gasteiger partial charge in [-0.2, -0.15) is 10.1 Å². The highest BCUT2D eigenvalue weighted by atomic mass is 19.1. The van der Waals surface area contributed by atoms with Crippen molar-refractivity contribution in [2.24, 2.45) is 0 Å². The molecule has 150 valence electrons. The van der Waals surface area contributed by atoms with Crippen molar-refractivity contribution in [3.63, 3.8) is 0 Å². The van der Waals surface area contributed by atoms with Gasteiger partial charge in [-0.25, -0.2) is 9.07 Å². The maximum Gasteiger partial charge on any atom is 0.272 e. The molecule has 0 aliphatic heterocycles. The average Bonchev–Trinajstić information content (AvgIpc) is 3.23. The minimum atomic E-state index is -0.212. The Labute approximate surface area is 173 Å². The zero-order valence-corrected chi connectivity index (χ0v) is 17.1. The minimum absolute atomic E-state index is 0.212. The highest BCUT2D eigenvalue weighted by molar-refractivity contribution is 6.04. The number of rotatable bonds is 4. The molecule has 0 aliphatic rings. The summed E-state index contributed by atoms with van der Waals surface area (Å²) in [5.74, 6) is 0.205. The van der Waals surface area contributed by atoms with Gasteiger partial charge in [0.25, 0.3) is 5.95 Å². The third-order valence-electron chi connectivity index (χ3n) is 5.63. The topological polar surface area (TPSA) is 61.4 Å². The molecule has 7 heteroatoms. The lowest BCUT2D eigenvalue weighted by molar-refractivity contribution is 0.613. The molecule has 5 aromatic rings. The van der Waals surface area contributed by atoms with Crippen LogP contribution in [0.2, 0.25) is 0 Å². The van der Waals surface area contributed by atoms with Crippen molar-refractivity contribution in [1.82, 2.24) is 29.5 Å². The van der Waals surface area contributed by atoms with Crippen molar-refractivity contribution < 1.29 is 4.39 Å². The second-order valence-electron chi connectivity index (χ2n) is 7.37. The summed E-state index contributed by atoms with van der Waals surface area (Å²) in [4.78, 5) is 4.81. The summed E-state index contributed by atoms with van der Waals surface area (Å²) < 4.78 is 18.0. The van der Waals surface area contributed by atoms with Gasteiger partial charge >= 0.3 is 0 Å². The average molecular weight is 400 g/mol. The normalized spacial score (nSPS) is 11.6. The Hall–Kier alpha value is -3.61. The lowest BCUT2D eigenvalue weighted by Gasteiger charge is -2.06. The molecule has 0 unspecified atom stereocenters. The highest BCUT2D eigenvalue weighted by Crippen LogP contribution is 2.27. The molecule has 3 heterocycles. The summed E-state index contributed by atoms with van der Waals surface area (Å²) in [6, 6.07) is 14.9. The molecule has 0 saturated heterocycles. The van der Waals surface area contributed by atoms with Crippen LogP contribution in [0.15, 0.2) is 48.5 Å². The maximum atomic E-state index is 14.2. The van der Waals surface area contributed by atoms with Gasteiger partial charge < -0.3 is 4.57 Å². The molecule has 0 saturated carbocycles. The molecule has 2 aromatic carbocycles. The van der Waals surface area contributed by atoms with Gasteiger partial charge in [0.05, 0.1) is 11.2 Å². The van der Waals surface area contributed by atoms with E-state index >= 15 is 0 Å². The first kappa shape index (κ1) is 18.4. The van der Waals surface area contributed by atoms with E-state index in [1.165, 1.54) is 6.07 Å². The zero-order valence-electron chi connectivity index (χ0n) is 17.1. The molecule has 6 nitrogen and oxygen atoms in total. The minimum Gasteiger partial charge on any atom is -0.324 e. The van der Waals surface area contributed by atoms with E-state index in [4.69, 9.17) is 4.98 Å². The molecule has 30 heavy (non-hydrogen) atoms. The predicted octanol–water partition coefficient (Wildman–Crippen LogP) is 4.53. The van der Waals surface area contributed by atoms with Crippen LogP contribution in [-0.2, 0) is 13.0 Å². The van der Waals surface area contributed by atoms with Crippen LogP contribution in [0.4, 0.5) is 4.39 Å². The number of halogens is 1. The predicted molar refractivity (Wildman–Crippen MR) is 114 cm³/mol. The van der Waals surface area contributed by atoms with Crippen LogP contribution >= 0.6 is 0 Å². The second-order valence-corrected chi connectivity index (χ2v) is 7.37. The summed E-state index contributed by atoms with van der Waals surface area (Å²) in [5.41, 5.74) is 5.98. The van der Waals surface area contributed by atoms with E-state index in [9.17, 15) is 4.39 Å². The van der Waals surface area contributed by atoms with Crippen molar-refractivity contribution in [2.75, 3.05) is 0 Å². The smallest absolute Gasteiger partial charge is 0.272 e. The Balaban J connectivity index is 1.64. The van der Waals surface area contributed by atoms with Crippen molar-refractivity contribution in [2.45, 2.75) is 33.7 Å². The van der Waals surface area contributed by atoms with Gasteiger partial charge in [0.1, 0.15) is 11.3 Å². The fourth-order valence-electron chi connectivity index (χ4n) is 4.06. The summed E-state index contributed by atoms with van der Waals surface area (Å²) in [6.45, 7) is 6.75. The van der Waals surface area contributed by atoms with Crippen LogP contribution in [-0.4, -0.2) is 29.5 Å². The van der Waals surface area contributed by atoms with E-state index < -0.39 is 0 Å². The molecule has 5 rings (SSSR count). The monoisotopic (exact) mass is 400 g/mol. The third kappa shape index (κ3) is 2.77. The fraction of sp³-hybridized carbons (Fsp3) is 0.217. The quantitative estimate of drug-likeness (QED) is 0.445. The van der Waals surface area contributed by atoms with Crippen LogP contribution < -0.4 is 0 Å². The van der Waals surface area contributed by atoms with Gasteiger partial charge in [0, 0.05) is 29.6 Å². The first-order valence-electron chi connectivity index (χ1n) is 9.99. The van der Waals surface area contributed by atoms with E-state index in [1.807, 2.05) is 38.1 Å². The lowest BCUT2D eigenvalue weighted by Crippen LogP contribution is -2.08. The van der Waals surface area contributed by atoms with E-state index in [-0.39, 0.29) is 5.82 Å². The Kier molecular flexibility index (Phi) is 4.31. The van der Waals surface area contributed by atoms with Gasteiger partial charge in [-0.3, -0.25) is 0 Å². The van der Waals surface area contributed by atoms with E-state index in [2.05, 4.69) is 32.9 Å². The summed E-state index contributed by atoms with van der Waals surface area (Å²) in [5, 5.41) is 14.5. The Morgan fingerprint density at radius 3 is 2.53 bits per heavy atom. The second kappa shape index (κ2) is 7.02. The number of para-hydroxylation sites is 1. The number of hydrogen-bond acceptors (Lipinski definition) is 4. The number of benzene rings is 2. The van der Waals surface area contributed by atoms with Crippen molar-refractivity contribution >= 4 is 22.1 Å². The molecule has 0 fully saturated rings. The van der Waals surface area contributed by atoms with Crippen LogP contribution in [0.25, 0.3) is 28.0 Å². The van der Waals surface area contributed by atoms with Crippen molar-refractivity contribution in [3.05, 3.63) is 76.9 Å². The summed E-state index contributed by atoms with van der Waals surface area (Å²) in [6.07, 6.45) is 0.467. The molecule has 0 spiro atoms. The van der Waals surface area contributed by atoms with Gasteiger partial charge in [0.2, 0.25) is 0 Å². The molecular weight excluding hydrogens is 379 g/mol. The van der Waals surface area contributed by atoms with Crippen molar-refractivity contribution in [1.29, 1.82) is 0 Å². The molecule has 0 N–H and O–H groups in total. The standard InChI is InChI=1S/C23H21FN6/c1-4-29-20-12-8-6-10-17(20)21-22(29)25-23(27-26-21)30-15(3)18(14(2)28-30)13-16-9-5-7-11-19(16)24/h5-12H,4,13H2,1-3H3. The van der Waals surface area contributed by atoms with Crippen LogP contribution in [0, 0.1) is 19.7 Å². The van der Waals surface area contributed by atoms with Gasteiger partial charge in [-0.15, -0.1) is 10.2 Å². The van der Waals surface area contributed by atoms with E-state index in [0.717, 1.165) is 45.6 Å². The van der Waals surface area contributed by atoms with E-state index in [0.29, 0.717) is 17.9 Å². The van der Waals surface area contributed by atoms with Gasteiger partial charge in [0.15, 0.2) is 5.65 Å². The summed E-state index contributed by atoms with van der Waals surface area (Å²) in [7, 11) is 0. The first-order chi connectivity index (χ1) is 14.6. The molecule has 0 aliphatic carbocycles. The highest BCUT2D eigenvalue weighted by Gasteiger charge is 2.19. The molecule has 3 aromatic heterocycles. The number of hydrogen-bond donors (Lipinski definition) is 0. The van der Waals surface area contributed by atoms with Gasteiger partial charge in [-0.05, 0) is 38.5 Å². The van der Waals surface area contributed by atoms with Crippen molar-refractivity contribution in [3.8, 4) is 5.95 Å². The Bertz CT molecular complexity index is 1400. The number of aromatic nitrogens is 6. The molecule has 0 radical (unpaired) electrons. The number of fused-ring (bicyclic) bond motifs is 3. The maximum absolute atomic E-state index is 14.2. The molecular formula is C23H21FN6. The Morgan fingerprint density at radius 2 is 1.73 bits per heavy atom. The van der Waals surface area contributed by atoms with E-state index in [1.54, 1.807) is 16.8 Å². The van der Waals surface area contributed by atoms with Crippen LogP contribution in [0.3, 0.4) is 0 Å².